The van der Waals surface area contributed by atoms with Crippen molar-refractivity contribution in [3.8, 4) is 0 Å². The second-order valence-electron chi connectivity index (χ2n) is 4.36. The first kappa shape index (κ1) is 12.9. The summed E-state index contributed by atoms with van der Waals surface area (Å²) in [6, 6.07) is 0. The van der Waals surface area contributed by atoms with Crippen LogP contribution in [0.5, 0.6) is 0 Å². The Morgan fingerprint density at radius 1 is 1.33 bits per heavy atom. The van der Waals surface area contributed by atoms with Gasteiger partial charge in [-0.25, -0.2) is 4.98 Å². The molecule has 0 spiro atoms. The van der Waals surface area contributed by atoms with E-state index in [9.17, 15) is 0 Å². The van der Waals surface area contributed by atoms with E-state index in [1.165, 1.54) is 0 Å². The molecule has 3 N–H and O–H groups in total. The molecule has 2 heterocycles. The zero-order valence-corrected chi connectivity index (χ0v) is 11.2. The minimum absolute atomic E-state index is 0.651. The van der Waals surface area contributed by atoms with Crippen molar-refractivity contribution in [1.82, 2.24) is 15.3 Å². The van der Waals surface area contributed by atoms with E-state index in [0.29, 0.717) is 5.69 Å². The molecule has 1 aromatic rings. The molecular weight excluding hydrogens is 228 g/mol. The third-order valence-corrected chi connectivity index (χ3v) is 3.25. The highest BCUT2D eigenvalue weighted by Gasteiger charge is 2.16. The van der Waals surface area contributed by atoms with Crippen LogP contribution >= 0.6 is 0 Å². The van der Waals surface area contributed by atoms with Gasteiger partial charge in [0.25, 0.3) is 0 Å². The molecule has 100 valence electrons. The molecule has 0 bridgehead atoms. The van der Waals surface area contributed by atoms with Gasteiger partial charge in [0.1, 0.15) is 0 Å². The van der Waals surface area contributed by atoms with Crippen molar-refractivity contribution in [2.24, 2.45) is 0 Å². The van der Waals surface area contributed by atoms with Crippen LogP contribution in [0, 0.1) is 0 Å². The van der Waals surface area contributed by atoms with E-state index in [2.05, 4.69) is 38.9 Å². The van der Waals surface area contributed by atoms with E-state index in [4.69, 9.17) is 5.73 Å². The van der Waals surface area contributed by atoms with Crippen LogP contribution in [0.25, 0.3) is 0 Å². The van der Waals surface area contributed by atoms with Crippen molar-refractivity contribution in [3.05, 3.63) is 6.20 Å². The van der Waals surface area contributed by atoms with E-state index in [1.807, 2.05) is 0 Å². The van der Waals surface area contributed by atoms with Gasteiger partial charge in [-0.3, -0.25) is 0 Å². The molecule has 2 rings (SSSR count). The van der Waals surface area contributed by atoms with E-state index in [0.717, 1.165) is 51.0 Å². The molecule has 1 aromatic heterocycles. The van der Waals surface area contributed by atoms with E-state index in [-0.39, 0.29) is 0 Å². The summed E-state index contributed by atoms with van der Waals surface area (Å²) in [5, 5.41) is 3.32. The Bertz CT molecular complexity index is 384. The average molecular weight is 250 g/mol. The molecular formula is C12H22N6. The maximum absolute atomic E-state index is 5.97. The van der Waals surface area contributed by atoms with Crippen LogP contribution in [0.4, 0.5) is 17.5 Å². The molecule has 0 atom stereocenters. The molecule has 0 aliphatic carbocycles. The van der Waals surface area contributed by atoms with Crippen molar-refractivity contribution >= 4 is 17.5 Å². The second-order valence-corrected chi connectivity index (χ2v) is 4.36. The fourth-order valence-corrected chi connectivity index (χ4v) is 2.17. The Labute approximate surface area is 108 Å². The third-order valence-electron chi connectivity index (χ3n) is 3.25. The zero-order valence-electron chi connectivity index (χ0n) is 11.2. The van der Waals surface area contributed by atoms with E-state index >= 15 is 0 Å². The molecule has 6 nitrogen and oxygen atoms in total. The molecule has 0 saturated carbocycles. The molecule has 0 aromatic carbocycles. The lowest BCUT2D eigenvalue weighted by Gasteiger charge is -2.29. The number of aromatic nitrogens is 2. The van der Waals surface area contributed by atoms with Gasteiger partial charge in [-0.2, -0.15) is 4.98 Å². The Balaban J connectivity index is 2.24. The Kier molecular flexibility index (Phi) is 4.19. The molecule has 1 aliphatic heterocycles. The maximum Gasteiger partial charge on any atom is 0.227 e. The Morgan fingerprint density at radius 3 is 2.61 bits per heavy atom. The summed E-state index contributed by atoms with van der Waals surface area (Å²) >= 11 is 0. The second kappa shape index (κ2) is 5.86. The van der Waals surface area contributed by atoms with Crippen LogP contribution in [0.3, 0.4) is 0 Å². The van der Waals surface area contributed by atoms with Crippen molar-refractivity contribution in [2.45, 2.75) is 13.8 Å². The van der Waals surface area contributed by atoms with Crippen molar-refractivity contribution in [3.63, 3.8) is 0 Å². The molecule has 6 heteroatoms. The summed E-state index contributed by atoms with van der Waals surface area (Å²) in [7, 11) is 0. The smallest absolute Gasteiger partial charge is 0.227 e. The molecule has 0 unspecified atom stereocenters. The summed E-state index contributed by atoms with van der Waals surface area (Å²) < 4.78 is 0. The van der Waals surface area contributed by atoms with Crippen molar-refractivity contribution in [2.75, 3.05) is 54.8 Å². The summed E-state index contributed by atoms with van der Waals surface area (Å²) in [6.07, 6.45) is 1.72. The van der Waals surface area contributed by atoms with Gasteiger partial charge in [0.15, 0.2) is 5.82 Å². The lowest BCUT2D eigenvalue weighted by Crippen LogP contribution is -2.44. The van der Waals surface area contributed by atoms with Gasteiger partial charge in [0.05, 0.1) is 11.9 Å². The van der Waals surface area contributed by atoms with E-state index < -0.39 is 0 Å². The first-order valence-corrected chi connectivity index (χ1v) is 6.59. The predicted octanol–water partition coefficient (Wildman–Crippen LogP) is 0.315. The molecule has 1 aliphatic rings. The highest BCUT2D eigenvalue weighted by Crippen LogP contribution is 2.22. The van der Waals surface area contributed by atoms with Crippen LogP contribution in [0.1, 0.15) is 13.8 Å². The topological polar surface area (TPSA) is 70.3 Å². The maximum atomic E-state index is 5.97. The minimum atomic E-state index is 0.651. The number of rotatable bonds is 4. The van der Waals surface area contributed by atoms with Gasteiger partial charge < -0.3 is 20.9 Å². The van der Waals surface area contributed by atoms with Crippen LogP contribution in [-0.4, -0.2) is 49.2 Å². The normalized spacial score (nSPS) is 15.8. The number of hydrogen-bond acceptors (Lipinski definition) is 6. The van der Waals surface area contributed by atoms with E-state index in [1.54, 1.807) is 6.20 Å². The molecule has 0 amide bonds. The van der Waals surface area contributed by atoms with Crippen LogP contribution in [0.2, 0.25) is 0 Å². The van der Waals surface area contributed by atoms with Gasteiger partial charge in [0.2, 0.25) is 5.95 Å². The number of nitrogens with zero attached hydrogens (tertiary/aromatic N) is 4. The van der Waals surface area contributed by atoms with Gasteiger partial charge in [-0.15, -0.1) is 0 Å². The molecule has 18 heavy (non-hydrogen) atoms. The number of nitrogens with two attached hydrogens (primary N) is 1. The third kappa shape index (κ3) is 2.64. The highest BCUT2D eigenvalue weighted by atomic mass is 15.3. The van der Waals surface area contributed by atoms with Crippen molar-refractivity contribution < 1.29 is 0 Å². The minimum Gasteiger partial charge on any atom is -0.394 e. The van der Waals surface area contributed by atoms with Crippen LogP contribution in [0.15, 0.2) is 6.20 Å². The van der Waals surface area contributed by atoms with Crippen molar-refractivity contribution in [1.29, 1.82) is 0 Å². The molecule has 0 radical (unpaired) electrons. The predicted molar refractivity (Wildman–Crippen MR) is 75.1 cm³/mol. The Morgan fingerprint density at radius 2 is 2.00 bits per heavy atom. The SMILES string of the molecule is CCN(CC)c1nc(N2CCNCC2)ncc1N. The van der Waals surface area contributed by atoms with Crippen LogP contribution < -0.4 is 20.9 Å². The number of hydrogen-bond donors (Lipinski definition) is 2. The zero-order chi connectivity index (χ0) is 13.0. The quantitative estimate of drug-likeness (QED) is 0.802. The monoisotopic (exact) mass is 250 g/mol. The number of nitrogen functional groups attached to an aromatic ring is 1. The molecule has 1 fully saturated rings. The average Bonchev–Trinajstić information content (AvgIpc) is 2.43. The van der Waals surface area contributed by atoms with Gasteiger partial charge in [0, 0.05) is 39.3 Å². The summed E-state index contributed by atoms with van der Waals surface area (Å²) in [6.45, 7) is 9.87. The number of nitrogens with one attached hydrogen (secondary N) is 1. The lowest BCUT2D eigenvalue weighted by molar-refractivity contribution is 0.579. The summed E-state index contributed by atoms with van der Waals surface area (Å²) in [5.74, 6) is 1.64. The van der Waals surface area contributed by atoms with Gasteiger partial charge in [-0.1, -0.05) is 0 Å². The first-order valence-electron chi connectivity index (χ1n) is 6.59. The van der Waals surface area contributed by atoms with Gasteiger partial charge in [-0.05, 0) is 13.8 Å². The highest BCUT2D eigenvalue weighted by molar-refractivity contribution is 5.63. The van der Waals surface area contributed by atoms with Crippen LogP contribution in [-0.2, 0) is 0 Å². The summed E-state index contributed by atoms with van der Waals surface area (Å²) in [4.78, 5) is 13.3. The fraction of sp³-hybridized carbons (Fsp3) is 0.667. The summed E-state index contributed by atoms with van der Waals surface area (Å²) in [5.41, 5.74) is 6.62. The molecule has 1 saturated heterocycles. The number of anilines is 3. The van der Waals surface area contributed by atoms with Gasteiger partial charge >= 0.3 is 0 Å². The Hall–Kier alpha value is -1.56. The number of piperazine rings is 1. The first-order chi connectivity index (χ1) is 8.76. The fourth-order valence-electron chi connectivity index (χ4n) is 2.17. The lowest BCUT2D eigenvalue weighted by atomic mass is 10.3. The largest absolute Gasteiger partial charge is 0.394 e. The standard InChI is InChI=1S/C12H22N6/c1-3-17(4-2)11-10(13)9-15-12(16-11)18-7-5-14-6-8-18/h9,14H,3-8,13H2,1-2H3.